The molecule has 0 saturated heterocycles. The van der Waals surface area contributed by atoms with Crippen LogP contribution < -0.4 is 9.62 Å². The normalized spacial score (nSPS) is 13.1. The highest BCUT2D eigenvalue weighted by atomic mass is 35.5. The van der Waals surface area contributed by atoms with E-state index in [1.807, 2.05) is 0 Å². The van der Waals surface area contributed by atoms with E-state index in [0.717, 1.165) is 22.7 Å². The summed E-state index contributed by atoms with van der Waals surface area (Å²) in [5.74, 6) is -0.660. The van der Waals surface area contributed by atoms with E-state index < -0.39 is 33.7 Å². The number of anilines is 1. The van der Waals surface area contributed by atoms with Crippen molar-refractivity contribution in [1.29, 1.82) is 0 Å². The van der Waals surface area contributed by atoms with Gasteiger partial charge in [0.2, 0.25) is 15.9 Å². The summed E-state index contributed by atoms with van der Waals surface area (Å²) in [5.41, 5.74) is 0.258. The van der Waals surface area contributed by atoms with E-state index in [4.69, 9.17) is 11.6 Å². The highest BCUT2D eigenvalue weighted by Crippen LogP contribution is 2.30. The van der Waals surface area contributed by atoms with Crippen LogP contribution in [0.5, 0.6) is 0 Å². The highest BCUT2D eigenvalue weighted by molar-refractivity contribution is 7.92. The summed E-state index contributed by atoms with van der Waals surface area (Å²) >= 11 is 5.97. The molecule has 1 amide bonds. The number of sulfonamides is 1. The molecule has 0 fully saturated rings. The molecule has 0 aliphatic heterocycles. The van der Waals surface area contributed by atoms with Gasteiger partial charge in [-0.3, -0.25) is 9.10 Å². The molecular formula is C19H20ClF3N2O3S. The van der Waals surface area contributed by atoms with Gasteiger partial charge in [0, 0.05) is 11.6 Å². The van der Waals surface area contributed by atoms with Crippen molar-refractivity contribution in [2.45, 2.75) is 32.6 Å². The van der Waals surface area contributed by atoms with Crippen molar-refractivity contribution >= 4 is 33.2 Å². The Morgan fingerprint density at radius 1 is 1.21 bits per heavy atom. The Labute approximate surface area is 172 Å². The first-order valence-electron chi connectivity index (χ1n) is 8.50. The predicted molar refractivity (Wildman–Crippen MR) is 106 cm³/mol. The second-order valence-electron chi connectivity index (χ2n) is 6.58. The fourth-order valence-electron chi connectivity index (χ4n) is 2.80. The van der Waals surface area contributed by atoms with Crippen LogP contribution in [0.4, 0.5) is 18.9 Å². The summed E-state index contributed by atoms with van der Waals surface area (Å²) in [7, 11) is -3.85. The number of benzene rings is 2. The molecule has 0 heterocycles. The molecule has 0 bridgehead atoms. The van der Waals surface area contributed by atoms with E-state index in [9.17, 15) is 26.4 Å². The molecule has 158 valence electrons. The smallest absolute Gasteiger partial charge is 0.350 e. The fraction of sp³-hybridized carbons (Fsp3) is 0.316. The van der Waals surface area contributed by atoms with Crippen molar-refractivity contribution in [2.75, 3.05) is 10.6 Å². The van der Waals surface area contributed by atoms with Crippen molar-refractivity contribution in [3.05, 3.63) is 64.2 Å². The molecule has 0 spiro atoms. The number of amides is 1. The average Bonchev–Trinajstić information content (AvgIpc) is 2.61. The topological polar surface area (TPSA) is 66.5 Å². The number of aryl methyl sites for hydroxylation is 1. The minimum atomic E-state index is -4.50. The number of alkyl halides is 3. The van der Waals surface area contributed by atoms with Crippen molar-refractivity contribution in [2.24, 2.45) is 0 Å². The zero-order valence-electron chi connectivity index (χ0n) is 15.9. The molecule has 0 aliphatic rings. The van der Waals surface area contributed by atoms with Crippen LogP contribution in [0.25, 0.3) is 0 Å². The number of hydrogen-bond acceptors (Lipinski definition) is 3. The quantitative estimate of drug-likeness (QED) is 0.722. The van der Waals surface area contributed by atoms with Gasteiger partial charge in [-0.15, -0.1) is 0 Å². The van der Waals surface area contributed by atoms with Crippen LogP contribution in [0.15, 0.2) is 42.5 Å². The molecule has 2 aromatic rings. The minimum Gasteiger partial charge on any atom is -0.350 e. The SMILES string of the molecule is Cc1ccc(Cl)cc1N([C@@H](C)C(=O)NCc1cccc(C(F)(F)F)c1)S(C)(=O)=O. The van der Waals surface area contributed by atoms with Crippen LogP contribution in [-0.2, 0) is 27.5 Å². The summed E-state index contributed by atoms with van der Waals surface area (Å²) in [6.45, 7) is 2.89. The lowest BCUT2D eigenvalue weighted by Crippen LogP contribution is -2.48. The zero-order valence-corrected chi connectivity index (χ0v) is 17.5. The molecule has 10 heteroatoms. The number of hydrogen-bond donors (Lipinski definition) is 1. The Balaban J connectivity index is 2.24. The Morgan fingerprint density at radius 2 is 1.86 bits per heavy atom. The Bertz CT molecular complexity index is 1010. The molecular weight excluding hydrogens is 429 g/mol. The summed E-state index contributed by atoms with van der Waals surface area (Å²) < 4.78 is 64.1. The molecule has 1 atom stereocenters. The standard InChI is InChI=1S/C19H20ClF3N2O3S/c1-12-7-8-16(20)10-17(12)25(29(3,27)28)13(2)18(26)24-11-14-5-4-6-15(9-14)19(21,22)23/h4-10,13H,11H2,1-3H3,(H,24,26)/t13-/m0/s1. The third-order valence-electron chi connectivity index (χ3n) is 4.22. The second kappa shape index (κ2) is 8.62. The number of carbonyl (C=O) groups excluding carboxylic acids is 1. The zero-order chi connectivity index (χ0) is 22.0. The minimum absolute atomic E-state index is 0.181. The predicted octanol–water partition coefficient (Wildman–Crippen LogP) is 4.14. The summed E-state index contributed by atoms with van der Waals surface area (Å²) in [6, 6.07) is 8.06. The lowest BCUT2D eigenvalue weighted by Gasteiger charge is -2.29. The first kappa shape index (κ1) is 23.0. The molecule has 2 aromatic carbocycles. The van der Waals surface area contributed by atoms with Crippen molar-refractivity contribution < 1.29 is 26.4 Å². The van der Waals surface area contributed by atoms with E-state index in [1.54, 1.807) is 19.1 Å². The van der Waals surface area contributed by atoms with E-state index in [0.29, 0.717) is 10.6 Å². The lowest BCUT2D eigenvalue weighted by atomic mass is 10.1. The van der Waals surface area contributed by atoms with Crippen molar-refractivity contribution in [3.8, 4) is 0 Å². The average molecular weight is 449 g/mol. The van der Waals surface area contributed by atoms with Gasteiger partial charge >= 0.3 is 6.18 Å². The van der Waals surface area contributed by atoms with Gasteiger partial charge in [-0.25, -0.2) is 8.42 Å². The molecule has 0 saturated carbocycles. The maximum Gasteiger partial charge on any atom is 0.416 e. The van der Waals surface area contributed by atoms with Gasteiger partial charge in [0.25, 0.3) is 0 Å². The van der Waals surface area contributed by atoms with E-state index in [-0.39, 0.29) is 17.8 Å². The molecule has 2 rings (SSSR count). The first-order chi connectivity index (χ1) is 13.3. The van der Waals surface area contributed by atoms with Gasteiger partial charge in [-0.2, -0.15) is 13.2 Å². The Hall–Kier alpha value is -2.26. The maximum absolute atomic E-state index is 12.8. The van der Waals surface area contributed by atoms with Crippen LogP contribution in [0.3, 0.4) is 0 Å². The molecule has 0 unspecified atom stereocenters. The molecule has 0 aliphatic carbocycles. The number of halogens is 4. The summed E-state index contributed by atoms with van der Waals surface area (Å²) in [5, 5.41) is 2.79. The summed E-state index contributed by atoms with van der Waals surface area (Å²) in [4.78, 5) is 12.6. The lowest BCUT2D eigenvalue weighted by molar-refractivity contribution is -0.137. The Kier molecular flexibility index (Phi) is 6.85. The maximum atomic E-state index is 12.8. The fourth-order valence-corrected chi connectivity index (χ4v) is 4.19. The largest absolute Gasteiger partial charge is 0.416 e. The third kappa shape index (κ3) is 5.86. The van der Waals surface area contributed by atoms with E-state index in [2.05, 4.69) is 5.32 Å². The van der Waals surface area contributed by atoms with Gasteiger partial charge in [0.15, 0.2) is 0 Å². The first-order valence-corrected chi connectivity index (χ1v) is 10.7. The number of nitrogens with one attached hydrogen (secondary N) is 1. The van der Waals surface area contributed by atoms with E-state index >= 15 is 0 Å². The van der Waals surface area contributed by atoms with Crippen LogP contribution in [-0.4, -0.2) is 26.6 Å². The molecule has 0 radical (unpaired) electrons. The van der Waals surface area contributed by atoms with Gasteiger partial charge < -0.3 is 5.32 Å². The summed E-state index contributed by atoms with van der Waals surface area (Å²) in [6.07, 6.45) is -3.53. The van der Waals surface area contributed by atoms with Gasteiger partial charge in [0.05, 0.1) is 17.5 Å². The Morgan fingerprint density at radius 3 is 2.45 bits per heavy atom. The molecule has 5 nitrogen and oxygen atoms in total. The highest BCUT2D eigenvalue weighted by Gasteiger charge is 2.31. The number of nitrogens with zero attached hydrogens (tertiary/aromatic N) is 1. The van der Waals surface area contributed by atoms with Gasteiger partial charge in [-0.1, -0.05) is 29.8 Å². The monoisotopic (exact) mass is 448 g/mol. The van der Waals surface area contributed by atoms with Gasteiger partial charge in [-0.05, 0) is 49.2 Å². The van der Waals surface area contributed by atoms with Crippen LogP contribution in [0, 0.1) is 6.92 Å². The molecule has 0 aromatic heterocycles. The second-order valence-corrected chi connectivity index (χ2v) is 8.88. The molecule has 1 N–H and O–H groups in total. The van der Waals surface area contributed by atoms with Gasteiger partial charge in [0.1, 0.15) is 6.04 Å². The van der Waals surface area contributed by atoms with Crippen LogP contribution >= 0.6 is 11.6 Å². The molecule has 29 heavy (non-hydrogen) atoms. The van der Waals surface area contributed by atoms with E-state index in [1.165, 1.54) is 25.1 Å². The number of rotatable bonds is 6. The van der Waals surface area contributed by atoms with Crippen LogP contribution in [0.1, 0.15) is 23.6 Å². The van der Waals surface area contributed by atoms with Crippen LogP contribution in [0.2, 0.25) is 5.02 Å². The third-order valence-corrected chi connectivity index (χ3v) is 5.68. The number of carbonyl (C=O) groups is 1. The van der Waals surface area contributed by atoms with Crippen molar-refractivity contribution in [3.63, 3.8) is 0 Å². The van der Waals surface area contributed by atoms with Crippen molar-refractivity contribution in [1.82, 2.24) is 5.32 Å².